The van der Waals surface area contributed by atoms with E-state index in [-0.39, 0.29) is 15.8 Å². The van der Waals surface area contributed by atoms with Crippen molar-refractivity contribution in [3.63, 3.8) is 0 Å². The van der Waals surface area contributed by atoms with Crippen LogP contribution < -0.4 is 0 Å². The molecule has 0 atom stereocenters. The summed E-state index contributed by atoms with van der Waals surface area (Å²) in [5.41, 5.74) is 1.65. The molecule has 2 fully saturated rings. The Hall–Kier alpha value is 1.56. The predicted molar refractivity (Wildman–Crippen MR) is 264 cm³/mol. The Morgan fingerprint density at radius 3 is 0.880 bits per heavy atom. The lowest BCUT2D eigenvalue weighted by Gasteiger charge is -2.64. The second-order valence-electron chi connectivity index (χ2n) is 25.0. The van der Waals surface area contributed by atoms with Crippen molar-refractivity contribution in [1.29, 1.82) is 0 Å². The van der Waals surface area contributed by atoms with E-state index in [1.807, 2.05) is 5.31 Å². The molecule has 2 aliphatic rings. The van der Waals surface area contributed by atoms with Crippen LogP contribution in [-0.4, -0.2) is 82.2 Å². The second-order valence-corrected chi connectivity index (χ2v) is 78.4. The van der Waals surface area contributed by atoms with Crippen molar-refractivity contribution >= 4 is 85.7 Å². The molecular formula is C40H86P2Si8. The van der Waals surface area contributed by atoms with Gasteiger partial charge in [-0.05, 0) is 54.2 Å². The van der Waals surface area contributed by atoms with Gasteiger partial charge in [-0.15, -0.1) is 0 Å². The highest BCUT2D eigenvalue weighted by molar-refractivity contribution is 7.84. The number of rotatable bonds is 11. The molecule has 0 unspecified atom stereocenters. The van der Waals surface area contributed by atoms with Crippen molar-refractivity contribution in [3.05, 3.63) is 41.7 Å². The molecular weight excluding hydrogens is 767 g/mol. The first-order valence-electron chi connectivity index (χ1n) is 20.2. The van der Waals surface area contributed by atoms with Crippen molar-refractivity contribution in [3.8, 4) is 0 Å². The molecule has 2 saturated heterocycles. The summed E-state index contributed by atoms with van der Waals surface area (Å²) in [7, 11) is -13.8. The summed E-state index contributed by atoms with van der Waals surface area (Å²) in [6.07, 6.45) is 6.08. The van der Waals surface area contributed by atoms with E-state index < -0.39 is 64.6 Å². The zero-order chi connectivity index (χ0) is 39.4. The summed E-state index contributed by atoms with van der Waals surface area (Å²) in [6, 6.07) is 12.4. The minimum absolute atomic E-state index is 0.335. The molecule has 0 spiro atoms. The van der Waals surface area contributed by atoms with Crippen LogP contribution in [0.3, 0.4) is 0 Å². The number of hydrogen-bond acceptors (Lipinski definition) is 0. The smallest absolute Gasteiger partial charge is 0.0529 e. The van der Waals surface area contributed by atoms with Crippen molar-refractivity contribution < 1.29 is 0 Å². The Labute approximate surface area is 325 Å². The van der Waals surface area contributed by atoms with Crippen molar-refractivity contribution in [2.75, 3.05) is 0 Å². The van der Waals surface area contributed by atoms with Gasteiger partial charge in [0.2, 0.25) is 0 Å². The third-order valence-corrected chi connectivity index (χ3v) is 82.0. The molecule has 0 aromatic heterocycles. The van der Waals surface area contributed by atoms with Gasteiger partial charge in [0.15, 0.2) is 0 Å². The number of hydrogen-bond donors (Lipinski definition) is 0. The summed E-state index contributed by atoms with van der Waals surface area (Å²) in [5.74, 6) is 3.35. The van der Waals surface area contributed by atoms with Crippen LogP contribution in [0.1, 0.15) is 31.2 Å². The molecule has 288 valence electrons. The quantitative estimate of drug-likeness (QED) is 0.154. The molecule has 1 aromatic carbocycles. The molecule has 0 nitrogen and oxygen atoms in total. The standard InChI is InChI=1S/C40H86P2Si8/c1-43(2,3)37(44(4,5)6)30-31-38(45(7,8)9,46(10,11)12)41(37)34-36(35-28-26-25-27-29-35)42-39(47(13,14)15,48(16,17)18)32-33-40(42,49(19,20)21)50(22,23)24/h25-29,34H,30-33H2,1-24H3/b36-34+. The molecule has 1 aromatic rings. The van der Waals surface area contributed by atoms with Gasteiger partial charge in [0.05, 0.1) is 64.6 Å². The molecule has 2 heterocycles. The molecule has 0 N–H and O–H groups in total. The summed E-state index contributed by atoms with van der Waals surface area (Å²) in [5, 5.41) is 1.97. The zero-order valence-corrected chi connectivity index (χ0v) is 48.0. The Bertz CT molecular complexity index is 1260. The topological polar surface area (TPSA) is 0 Å². The van der Waals surface area contributed by atoms with Gasteiger partial charge in [0.1, 0.15) is 0 Å². The first-order valence-corrected chi connectivity index (χ1v) is 51.0. The minimum atomic E-state index is -1.65. The fraction of sp³-hybridized carbons (Fsp3) is 0.800. The average Bonchev–Trinajstić information content (AvgIpc) is 3.43. The summed E-state index contributed by atoms with van der Waals surface area (Å²) in [6.45, 7) is 68.2. The zero-order valence-electron chi connectivity index (χ0n) is 38.2. The lowest BCUT2D eigenvalue weighted by atomic mass is 10.2. The van der Waals surface area contributed by atoms with Crippen LogP contribution in [0.25, 0.3) is 5.31 Å². The first-order chi connectivity index (χ1) is 21.9. The average molecular weight is 854 g/mol. The Balaban J connectivity index is 2.87. The van der Waals surface area contributed by atoms with Crippen LogP contribution in [0.4, 0.5) is 0 Å². The Morgan fingerprint density at radius 1 is 0.400 bits per heavy atom. The molecule has 0 bridgehead atoms. The van der Waals surface area contributed by atoms with E-state index in [1.165, 1.54) is 25.7 Å². The van der Waals surface area contributed by atoms with Crippen LogP contribution in [0.5, 0.6) is 0 Å². The molecule has 0 radical (unpaired) electrons. The summed E-state index contributed by atoms with van der Waals surface area (Å²) in [4.78, 5) is 0. The molecule has 50 heavy (non-hydrogen) atoms. The fourth-order valence-electron chi connectivity index (χ4n) is 13.8. The lowest BCUT2D eigenvalue weighted by molar-refractivity contribution is 0.775. The lowest BCUT2D eigenvalue weighted by Crippen LogP contribution is -2.69. The van der Waals surface area contributed by atoms with E-state index in [0.29, 0.717) is 17.6 Å². The van der Waals surface area contributed by atoms with Gasteiger partial charge in [0, 0.05) is 0 Å². The van der Waals surface area contributed by atoms with Gasteiger partial charge in [-0.3, -0.25) is 0 Å². The van der Waals surface area contributed by atoms with Crippen LogP contribution in [0, 0.1) is 0 Å². The Morgan fingerprint density at radius 2 is 0.640 bits per heavy atom. The highest BCUT2D eigenvalue weighted by Crippen LogP contribution is 2.86. The SMILES string of the molecule is C[Si](C)(C)C1([Si](C)(C)C)CCC([Si](C)(C)C)([Si](C)(C)C)P1/C=C(\c1ccccc1)P1C([Si](C)(C)C)([Si](C)(C)C)CCC1([Si](C)(C)C)[Si](C)(C)C. The van der Waals surface area contributed by atoms with Gasteiger partial charge in [-0.25, -0.2) is 0 Å². The largest absolute Gasteiger partial charge is 0.0809 e. The van der Waals surface area contributed by atoms with E-state index in [2.05, 4.69) is 193 Å². The van der Waals surface area contributed by atoms with Crippen LogP contribution in [0.2, 0.25) is 157 Å². The first kappa shape index (κ1) is 45.9. The van der Waals surface area contributed by atoms with Gasteiger partial charge in [-0.1, -0.05) is 209 Å². The maximum absolute atomic E-state index is 3.35. The molecule has 0 aliphatic carbocycles. The van der Waals surface area contributed by atoms with E-state index >= 15 is 0 Å². The minimum Gasteiger partial charge on any atom is -0.0809 e. The van der Waals surface area contributed by atoms with Crippen molar-refractivity contribution in [1.82, 2.24) is 0 Å². The van der Waals surface area contributed by atoms with Crippen LogP contribution in [0.15, 0.2) is 36.1 Å². The van der Waals surface area contributed by atoms with Crippen LogP contribution >= 0.6 is 15.8 Å². The van der Waals surface area contributed by atoms with Gasteiger partial charge in [0.25, 0.3) is 0 Å². The van der Waals surface area contributed by atoms with E-state index in [9.17, 15) is 0 Å². The molecule has 0 amide bonds. The molecule has 2 aliphatic heterocycles. The predicted octanol–water partition coefficient (Wildman–Crippen LogP) is 15.5. The maximum atomic E-state index is 3.35. The highest BCUT2D eigenvalue weighted by atomic mass is 31.1. The summed E-state index contributed by atoms with van der Waals surface area (Å²) < 4.78 is 2.20. The van der Waals surface area contributed by atoms with Crippen molar-refractivity contribution in [2.24, 2.45) is 0 Å². The maximum Gasteiger partial charge on any atom is 0.0529 e. The van der Waals surface area contributed by atoms with Gasteiger partial charge < -0.3 is 0 Å². The van der Waals surface area contributed by atoms with Crippen LogP contribution in [-0.2, 0) is 0 Å². The van der Waals surface area contributed by atoms with E-state index in [4.69, 9.17) is 0 Å². The molecule has 0 saturated carbocycles. The Kier molecular flexibility index (Phi) is 12.5. The second kappa shape index (κ2) is 13.6. The highest BCUT2D eigenvalue weighted by Gasteiger charge is 2.74. The molecule has 10 heteroatoms. The fourth-order valence-corrected chi connectivity index (χ4v) is 94.1. The van der Waals surface area contributed by atoms with Gasteiger partial charge in [-0.2, -0.15) is 0 Å². The van der Waals surface area contributed by atoms with E-state index in [0.717, 1.165) is 0 Å². The number of benzene rings is 1. The summed E-state index contributed by atoms with van der Waals surface area (Å²) >= 11 is 0. The molecule has 3 rings (SSSR count). The third kappa shape index (κ3) is 6.75. The third-order valence-electron chi connectivity index (χ3n) is 14.8. The van der Waals surface area contributed by atoms with E-state index in [1.54, 1.807) is 5.56 Å². The van der Waals surface area contributed by atoms with Gasteiger partial charge >= 0.3 is 0 Å². The monoisotopic (exact) mass is 852 g/mol. The van der Waals surface area contributed by atoms with Crippen molar-refractivity contribution in [2.45, 2.75) is 200 Å². The normalized spacial score (nSPS) is 23.1.